The Balaban J connectivity index is 2.28. The van der Waals surface area contributed by atoms with Gasteiger partial charge in [0.05, 0.1) is 18.4 Å². The molecule has 138 valence electrons. The Morgan fingerprint density at radius 3 is 2.65 bits per heavy atom. The topological polar surface area (TPSA) is 84.4 Å². The van der Waals surface area contributed by atoms with Gasteiger partial charge in [-0.3, -0.25) is 4.79 Å². The molecule has 0 unspecified atom stereocenters. The number of carbonyl (C=O) groups excluding carboxylic acids is 2. The summed E-state index contributed by atoms with van der Waals surface area (Å²) < 4.78 is 4.80. The highest BCUT2D eigenvalue weighted by molar-refractivity contribution is 5.97. The summed E-state index contributed by atoms with van der Waals surface area (Å²) in [4.78, 5) is 34.7. The fourth-order valence-electron chi connectivity index (χ4n) is 2.45. The van der Waals surface area contributed by atoms with Crippen LogP contribution in [0.3, 0.4) is 0 Å². The molecule has 0 saturated carbocycles. The third-order valence-corrected chi connectivity index (χ3v) is 3.85. The molecule has 7 nitrogen and oxygen atoms in total. The van der Waals surface area contributed by atoms with Crippen molar-refractivity contribution in [3.63, 3.8) is 0 Å². The summed E-state index contributed by atoms with van der Waals surface area (Å²) in [6, 6.07) is 8.55. The van der Waals surface area contributed by atoms with E-state index in [0.29, 0.717) is 35.1 Å². The van der Waals surface area contributed by atoms with Crippen LogP contribution in [0.25, 0.3) is 0 Å². The van der Waals surface area contributed by atoms with E-state index in [0.717, 1.165) is 12.8 Å². The molecular formula is C19H24N4O3. The highest BCUT2D eigenvalue weighted by atomic mass is 16.5. The number of para-hydroxylation sites is 1. The van der Waals surface area contributed by atoms with Crippen molar-refractivity contribution in [3.8, 4) is 0 Å². The van der Waals surface area contributed by atoms with Crippen LogP contribution in [-0.4, -0.2) is 47.4 Å². The number of ether oxygens (including phenoxy) is 1. The first-order valence-electron chi connectivity index (χ1n) is 8.51. The Morgan fingerprint density at radius 1 is 1.23 bits per heavy atom. The average Bonchev–Trinajstić information content (AvgIpc) is 2.64. The van der Waals surface area contributed by atoms with Crippen LogP contribution in [0.15, 0.2) is 30.3 Å². The van der Waals surface area contributed by atoms with E-state index in [-0.39, 0.29) is 5.91 Å². The number of carbonyl (C=O) groups is 2. The number of anilines is 2. The number of hydrogen-bond acceptors (Lipinski definition) is 6. The lowest BCUT2D eigenvalue weighted by atomic mass is 10.2. The third kappa shape index (κ3) is 4.78. The molecular weight excluding hydrogens is 332 g/mol. The zero-order chi connectivity index (χ0) is 19.1. The first kappa shape index (κ1) is 19.4. The fourth-order valence-corrected chi connectivity index (χ4v) is 2.45. The molecule has 0 saturated heterocycles. The van der Waals surface area contributed by atoms with E-state index in [4.69, 9.17) is 4.74 Å². The van der Waals surface area contributed by atoms with Gasteiger partial charge in [0.2, 0.25) is 0 Å². The number of hydrogen-bond donors (Lipinski definition) is 1. The van der Waals surface area contributed by atoms with Crippen LogP contribution < -0.4 is 5.32 Å². The largest absolute Gasteiger partial charge is 0.465 e. The molecule has 1 heterocycles. The van der Waals surface area contributed by atoms with Gasteiger partial charge in [-0.2, -0.15) is 0 Å². The lowest BCUT2D eigenvalue weighted by molar-refractivity contribution is 0.0601. The van der Waals surface area contributed by atoms with Crippen LogP contribution in [0.1, 0.15) is 46.4 Å². The zero-order valence-corrected chi connectivity index (χ0v) is 15.6. The SMILES string of the molecule is CCCCN(C)C(=O)c1cc(Nc2ccccc2C(=O)OC)nc(C)n1. The van der Waals surface area contributed by atoms with Crippen LogP contribution in [0.4, 0.5) is 11.5 Å². The molecule has 0 spiro atoms. The molecule has 0 atom stereocenters. The number of nitrogens with one attached hydrogen (secondary N) is 1. The molecule has 0 fully saturated rings. The Kier molecular flexibility index (Phi) is 6.66. The molecule has 7 heteroatoms. The molecule has 0 radical (unpaired) electrons. The normalized spacial score (nSPS) is 10.3. The lowest BCUT2D eigenvalue weighted by Gasteiger charge is -2.17. The molecule has 1 amide bonds. The first-order valence-corrected chi connectivity index (χ1v) is 8.51. The standard InChI is InChI=1S/C19H24N4O3/c1-5-6-11-23(3)18(24)16-12-17(21-13(2)20-16)22-15-10-8-7-9-14(15)19(25)26-4/h7-10,12H,5-6,11H2,1-4H3,(H,20,21,22). The molecule has 1 aromatic heterocycles. The maximum atomic E-state index is 12.6. The summed E-state index contributed by atoms with van der Waals surface area (Å²) in [7, 11) is 3.09. The van der Waals surface area contributed by atoms with E-state index in [1.54, 1.807) is 49.2 Å². The molecule has 0 bridgehead atoms. The lowest BCUT2D eigenvalue weighted by Crippen LogP contribution is -2.28. The highest BCUT2D eigenvalue weighted by Crippen LogP contribution is 2.21. The predicted molar refractivity (Wildman–Crippen MR) is 99.7 cm³/mol. The van der Waals surface area contributed by atoms with Gasteiger partial charge in [0, 0.05) is 19.7 Å². The first-order chi connectivity index (χ1) is 12.5. The number of methoxy groups -OCH3 is 1. The summed E-state index contributed by atoms with van der Waals surface area (Å²) in [6.07, 6.45) is 1.95. The van der Waals surface area contributed by atoms with Crippen molar-refractivity contribution in [3.05, 3.63) is 47.4 Å². The zero-order valence-electron chi connectivity index (χ0n) is 15.6. The number of nitrogens with zero attached hydrogens (tertiary/aromatic N) is 3. The van der Waals surface area contributed by atoms with E-state index in [1.165, 1.54) is 7.11 Å². The van der Waals surface area contributed by atoms with Crippen molar-refractivity contribution >= 4 is 23.4 Å². The maximum Gasteiger partial charge on any atom is 0.339 e. The summed E-state index contributed by atoms with van der Waals surface area (Å²) in [5, 5.41) is 3.08. The van der Waals surface area contributed by atoms with Crippen molar-refractivity contribution in [1.29, 1.82) is 0 Å². The van der Waals surface area contributed by atoms with Crippen LogP contribution in [-0.2, 0) is 4.74 Å². The summed E-state index contributed by atoms with van der Waals surface area (Å²) in [6.45, 7) is 4.47. The predicted octanol–water partition coefficient (Wildman–Crippen LogP) is 3.19. The van der Waals surface area contributed by atoms with Gasteiger partial charge in [-0.05, 0) is 25.5 Å². The van der Waals surface area contributed by atoms with Gasteiger partial charge in [-0.25, -0.2) is 14.8 Å². The van der Waals surface area contributed by atoms with Gasteiger partial charge < -0.3 is 15.0 Å². The van der Waals surface area contributed by atoms with Gasteiger partial charge in [0.15, 0.2) is 0 Å². The van der Waals surface area contributed by atoms with Crippen molar-refractivity contribution in [1.82, 2.24) is 14.9 Å². The fraction of sp³-hybridized carbons (Fsp3) is 0.368. The van der Waals surface area contributed by atoms with Gasteiger partial charge >= 0.3 is 5.97 Å². The van der Waals surface area contributed by atoms with E-state index in [9.17, 15) is 9.59 Å². The number of aryl methyl sites for hydroxylation is 1. The molecule has 1 aromatic carbocycles. The molecule has 0 aliphatic carbocycles. The number of rotatable bonds is 7. The smallest absolute Gasteiger partial charge is 0.339 e. The van der Waals surface area contributed by atoms with Crippen LogP contribution in [0.2, 0.25) is 0 Å². The van der Waals surface area contributed by atoms with Crippen LogP contribution in [0.5, 0.6) is 0 Å². The van der Waals surface area contributed by atoms with Gasteiger partial charge in [0.25, 0.3) is 5.91 Å². The summed E-state index contributed by atoms with van der Waals surface area (Å²) >= 11 is 0. The van der Waals surface area contributed by atoms with Crippen molar-refractivity contribution in [2.24, 2.45) is 0 Å². The minimum atomic E-state index is -0.450. The highest BCUT2D eigenvalue weighted by Gasteiger charge is 2.16. The maximum absolute atomic E-state index is 12.6. The van der Waals surface area contributed by atoms with E-state index < -0.39 is 5.97 Å². The number of aromatic nitrogens is 2. The molecule has 0 aliphatic heterocycles. The molecule has 26 heavy (non-hydrogen) atoms. The third-order valence-electron chi connectivity index (χ3n) is 3.85. The number of esters is 1. The Bertz CT molecular complexity index is 792. The van der Waals surface area contributed by atoms with E-state index in [2.05, 4.69) is 22.2 Å². The number of benzene rings is 1. The van der Waals surface area contributed by atoms with Crippen molar-refractivity contribution < 1.29 is 14.3 Å². The van der Waals surface area contributed by atoms with Crippen molar-refractivity contribution in [2.75, 3.05) is 26.0 Å². The molecule has 1 N–H and O–H groups in total. The minimum absolute atomic E-state index is 0.159. The van der Waals surface area contributed by atoms with Gasteiger partial charge in [0.1, 0.15) is 17.3 Å². The summed E-state index contributed by atoms with van der Waals surface area (Å²) in [5.74, 6) is 0.307. The number of amides is 1. The second kappa shape index (κ2) is 8.94. The summed E-state index contributed by atoms with van der Waals surface area (Å²) in [5.41, 5.74) is 1.25. The average molecular weight is 356 g/mol. The monoisotopic (exact) mass is 356 g/mol. The Labute approximate surface area is 153 Å². The quantitative estimate of drug-likeness (QED) is 0.767. The molecule has 0 aliphatic rings. The van der Waals surface area contributed by atoms with Crippen LogP contribution in [0, 0.1) is 6.92 Å². The number of unbranched alkanes of at least 4 members (excludes halogenated alkanes) is 1. The Hall–Kier alpha value is -2.96. The van der Waals surface area contributed by atoms with E-state index >= 15 is 0 Å². The van der Waals surface area contributed by atoms with Gasteiger partial charge in [-0.15, -0.1) is 0 Å². The van der Waals surface area contributed by atoms with Crippen molar-refractivity contribution in [2.45, 2.75) is 26.7 Å². The second-order valence-corrected chi connectivity index (χ2v) is 5.93. The molecule has 2 aromatic rings. The van der Waals surface area contributed by atoms with E-state index in [1.807, 2.05) is 0 Å². The second-order valence-electron chi connectivity index (χ2n) is 5.93. The van der Waals surface area contributed by atoms with Crippen LogP contribution >= 0.6 is 0 Å². The molecule has 2 rings (SSSR count). The minimum Gasteiger partial charge on any atom is -0.465 e. The Morgan fingerprint density at radius 2 is 1.96 bits per heavy atom. The van der Waals surface area contributed by atoms with Gasteiger partial charge in [-0.1, -0.05) is 25.5 Å².